The Morgan fingerprint density at radius 1 is 1.00 bits per heavy atom. The molecule has 34 heavy (non-hydrogen) atoms. The topological polar surface area (TPSA) is 76.7 Å². The van der Waals surface area contributed by atoms with Crippen LogP contribution in [0.25, 0.3) is 5.70 Å². The van der Waals surface area contributed by atoms with Crippen LogP contribution in [0.2, 0.25) is 0 Å². The number of carbonyl (C=O) groups excluding carboxylic acids is 2. The van der Waals surface area contributed by atoms with Gasteiger partial charge in [-0.3, -0.25) is 9.59 Å². The molecule has 0 aliphatic carbocycles. The number of hydrogen-bond donors (Lipinski definition) is 2. The highest BCUT2D eigenvalue weighted by Gasteiger charge is 2.28. The summed E-state index contributed by atoms with van der Waals surface area (Å²) in [6, 6.07) is 21.9. The van der Waals surface area contributed by atoms with E-state index in [-0.39, 0.29) is 23.8 Å². The molecule has 6 heteroatoms. The lowest BCUT2D eigenvalue weighted by atomic mass is 9.85. The minimum absolute atomic E-state index is 0.121. The van der Waals surface area contributed by atoms with E-state index in [0.717, 1.165) is 29.0 Å². The average molecular weight is 457 g/mol. The Labute approximate surface area is 199 Å². The summed E-state index contributed by atoms with van der Waals surface area (Å²) in [5, 5.41) is 6.26. The second-order valence-electron chi connectivity index (χ2n) is 8.86. The van der Waals surface area contributed by atoms with E-state index in [1.165, 1.54) is 0 Å². The molecule has 0 bridgehead atoms. The van der Waals surface area contributed by atoms with Crippen molar-refractivity contribution in [3.63, 3.8) is 0 Å². The largest absolute Gasteiger partial charge is 0.497 e. The predicted molar refractivity (Wildman–Crippen MR) is 133 cm³/mol. The monoisotopic (exact) mass is 456 g/mol. The van der Waals surface area contributed by atoms with E-state index >= 15 is 0 Å². The van der Waals surface area contributed by atoms with E-state index < -0.39 is 0 Å². The van der Waals surface area contributed by atoms with Gasteiger partial charge in [0.1, 0.15) is 11.5 Å². The number of nitrogens with one attached hydrogen (secondary N) is 2. The van der Waals surface area contributed by atoms with Crippen LogP contribution in [0.4, 0.5) is 5.69 Å². The number of benzene rings is 3. The van der Waals surface area contributed by atoms with Crippen molar-refractivity contribution in [3.8, 4) is 11.5 Å². The van der Waals surface area contributed by atoms with Gasteiger partial charge in [-0.05, 0) is 62.2 Å². The zero-order valence-corrected chi connectivity index (χ0v) is 19.6. The normalized spacial score (nSPS) is 15.1. The van der Waals surface area contributed by atoms with Crippen LogP contribution in [-0.2, 0) is 11.2 Å². The van der Waals surface area contributed by atoms with Crippen LogP contribution in [0.15, 0.2) is 78.9 Å². The Balaban J connectivity index is 1.50. The van der Waals surface area contributed by atoms with Crippen molar-refractivity contribution in [1.82, 2.24) is 5.32 Å². The minimum Gasteiger partial charge on any atom is -0.497 e. The molecule has 1 aliphatic heterocycles. The first kappa shape index (κ1) is 23.1. The van der Waals surface area contributed by atoms with Gasteiger partial charge in [-0.2, -0.15) is 0 Å². The molecule has 0 saturated heterocycles. The second kappa shape index (κ2) is 9.83. The van der Waals surface area contributed by atoms with E-state index in [4.69, 9.17) is 9.47 Å². The molecule has 0 spiro atoms. The summed E-state index contributed by atoms with van der Waals surface area (Å²) >= 11 is 0. The summed E-state index contributed by atoms with van der Waals surface area (Å²) in [6.07, 6.45) is 2.45. The Hall–Kier alpha value is -4.06. The molecule has 0 radical (unpaired) electrons. The Bertz CT molecular complexity index is 1230. The summed E-state index contributed by atoms with van der Waals surface area (Å²) in [5.74, 6) is 0.892. The van der Waals surface area contributed by atoms with Crippen molar-refractivity contribution in [2.75, 3.05) is 19.0 Å². The number of anilines is 1. The van der Waals surface area contributed by atoms with Gasteiger partial charge in [-0.15, -0.1) is 0 Å². The highest BCUT2D eigenvalue weighted by Crippen LogP contribution is 2.32. The highest BCUT2D eigenvalue weighted by molar-refractivity contribution is 6.09. The third kappa shape index (κ3) is 5.64. The van der Waals surface area contributed by atoms with Gasteiger partial charge in [0.15, 0.2) is 12.4 Å². The third-order valence-electron chi connectivity index (χ3n) is 5.53. The molecule has 174 valence electrons. The summed E-state index contributed by atoms with van der Waals surface area (Å²) in [5.41, 5.74) is 3.68. The van der Waals surface area contributed by atoms with Crippen molar-refractivity contribution in [1.29, 1.82) is 0 Å². The zero-order valence-electron chi connectivity index (χ0n) is 19.6. The number of hydrogen-bond acceptors (Lipinski definition) is 5. The third-order valence-corrected chi connectivity index (χ3v) is 5.53. The molecule has 0 unspecified atom stereocenters. The molecule has 4 rings (SSSR count). The Kier molecular flexibility index (Phi) is 6.68. The Morgan fingerprint density at radius 3 is 2.56 bits per heavy atom. The molecule has 0 atom stereocenters. The number of methoxy groups -OCH3 is 1. The molecule has 2 N–H and O–H groups in total. The molecular weight excluding hydrogens is 428 g/mol. The number of fused-ring (bicyclic) bond motifs is 1. The number of para-hydroxylation sites is 1. The van der Waals surface area contributed by atoms with E-state index in [1.807, 2.05) is 36.4 Å². The number of allylic oxidation sites excluding steroid dienone is 1. The average Bonchev–Trinajstić information content (AvgIpc) is 2.82. The predicted octanol–water partition coefficient (Wildman–Crippen LogP) is 4.86. The molecule has 1 heterocycles. The van der Waals surface area contributed by atoms with Gasteiger partial charge in [0, 0.05) is 34.1 Å². The van der Waals surface area contributed by atoms with Crippen molar-refractivity contribution in [3.05, 3.63) is 95.6 Å². The molecule has 3 aromatic carbocycles. The first-order valence-corrected chi connectivity index (χ1v) is 11.1. The van der Waals surface area contributed by atoms with E-state index in [2.05, 4.69) is 24.5 Å². The van der Waals surface area contributed by atoms with Gasteiger partial charge in [-0.1, -0.05) is 36.4 Å². The number of ether oxygens (including phenoxy) is 2. The lowest BCUT2D eigenvalue weighted by Gasteiger charge is -2.35. The van der Waals surface area contributed by atoms with Crippen LogP contribution < -0.4 is 20.1 Å². The van der Waals surface area contributed by atoms with Gasteiger partial charge in [0.05, 0.1) is 7.11 Å². The van der Waals surface area contributed by atoms with Gasteiger partial charge in [0.25, 0.3) is 5.91 Å². The van der Waals surface area contributed by atoms with Gasteiger partial charge >= 0.3 is 0 Å². The first-order valence-electron chi connectivity index (χ1n) is 11.1. The lowest BCUT2D eigenvalue weighted by molar-refractivity contribution is -0.118. The number of amides is 1. The maximum absolute atomic E-state index is 13.2. The van der Waals surface area contributed by atoms with Crippen LogP contribution in [0.5, 0.6) is 11.5 Å². The van der Waals surface area contributed by atoms with E-state index in [0.29, 0.717) is 17.0 Å². The number of carbonyl (C=O) groups is 2. The Morgan fingerprint density at radius 2 is 1.79 bits per heavy atom. The van der Waals surface area contributed by atoms with E-state index in [9.17, 15) is 9.59 Å². The maximum atomic E-state index is 13.2. The number of rotatable bonds is 7. The quantitative estimate of drug-likeness (QED) is 0.392. The van der Waals surface area contributed by atoms with Gasteiger partial charge in [-0.25, -0.2) is 0 Å². The van der Waals surface area contributed by atoms with E-state index in [1.54, 1.807) is 49.6 Å². The molecule has 0 aromatic heterocycles. The van der Waals surface area contributed by atoms with Crippen molar-refractivity contribution in [2.24, 2.45) is 0 Å². The summed E-state index contributed by atoms with van der Waals surface area (Å²) < 4.78 is 10.9. The van der Waals surface area contributed by atoms with Crippen LogP contribution in [0, 0.1) is 0 Å². The molecule has 0 fully saturated rings. The molecule has 0 saturated carbocycles. The first-order chi connectivity index (χ1) is 16.3. The van der Waals surface area contributed by atoms with Crippen LogP contribution in [0.3, 0.4) is 0 Å². The fourth-order valence-electron chi connectivity index (χ4n) is 3.98. The van der Waals surface area contributed by atoms with Crippen molar-refractivity contribution in [2.45, 2.75) is 25.8 Å². The maximum Gasteiger partial charge on any atom is 0.262 e. The summed E-state index contributed by atoms with van der Waals surface area (Å²) in [6.45, 7) is 4.09. The molecule has 6 nitrogen and oxygen atoms in total. The van der Waals surface area contributed by atoms with Crippen molar-refractivity contribution < 1.29 is 19.1 Å². The molecule has 3 aromatic rings. The second-order valence-corrected chi connectivity index (χ2v) is 8.86. The zero-order chi connectivity index (χ0) is 24.1. The van der Waals surface area contributed by atoms with Gasteiger partial charge in [0.2, 0.25) is 0 Å². The van der Waals surface area contributed by atoms with Crippen LogP contribution in [0.1, 0.15) is 35.3 Å². The van der Waals surface area contributed by atoms with Crippen LogP contribution in [-0.4, -0.2) is 30.9 Å². The fraction of sp³-hybridized carbons (Fsp3) is 0.214. The standard InChI is InChI=1S/C28H28N2O4/c1-28(2)17-20-12-13-23(33-3)15-24(20)25(30-28)16-26(31)19-8-7-9-21(14-19)29-27(32)18-34-22-10-5-4-6-11-22/h4-16,30H,17-18H2,1-3H3,(H,29,32)/b25-16-. The minimum atomic E-state index is -0.302. The molecule has 1 aliphatic rings. The molecular formula is C28H28N2O4. The SMILES string of the molecule is COc1ccc2c(c1)/C(=C/C(=O)c1cccc(NC(=O)COc3ccccc3)c1)NC(C)(C)C2. The summed E-state index contributed by atoms with van der Waals surface area (Å²) in [7, 11) is 1.63. The highest BCUT2D eigenvalue weighted by atomic mass is 16.5. The smallest absolute Gasteiger partial charge is 0.262 e. The lowest BCUT2D eigenvalue weighted by Crippen LogP contribution is -2.43. The van der Waals surface area contributed by atoms with Gasteiger partial charge < -0.3 is 20.1 Å². The van der Waals surface area contributed by atoms with Crippen molar-refractivity contribution >= 4 is 23.1 Å². The fourth-order valence-corrected chi connectivity index (χ4v) is 3.98. The summed E-state index contributed by atoms with van der Waals surface area (Å²) in [4.78, 5) is 25.5. The van der Waals surface area contributed by atoms with Crippen LogP contribution >= 0.6 is 0 Å². The number of ketones is 1. The molecule has 1 amide bonds.